The molecule has 0 saturated heterocycles. The van der Waals surface area contributed by atoms with E-state index in [0.29, 0.717) is 17.4 Å². The summed E-state index contributed by atoms with van der Waals surface area (Å²) < 4.78 is 0. The number of carbonyl (C=O) groups is 1. The van der Waals surface area contributed by atoms with E-state index in [0.717, 1.165) is 16.7 Å². The number of anilines is 1. The van der Waals surface area contributed by atoms with Crippen LogP contribution >= 0.6 is 11.6 Å². The summed E-state index contributed by atoms with van der Waals surface area (Å²) in [5.41, 5.74) is 3.03. The monoisotopic (exact) mass is 305 g/mol. The first-order valence-corrected chi connectivity index (χ1v) is 6.82. The summed E-state index contributed by atoms with van der Waals surface area (Å²) in [6.45, 7) is 2.10. The molecule has 0 atom stereocenters. The van der Waals surface area contributed by atoms with Crippen LogP contribution < -0.4 is 10.6 Å². The smallest absolute Gasteiger partial charge is 0.319 e. The van der Waals surface area contributed by atoms with Crippen molar-refractivity contribution in [3.8, 4) is 0 Å². The molecule has 2 rings (SSSR count). The van der Waals surface area contributed by atoms with Gasteiger partial charge in [-0.25, -0.2) is 9.78 Å². The lowest BCUT2D eigenvalue weighted by Crippen LogP contribution is -2.28. The second-order valence-corrected chi connectivity index (χ2v) is 4.92. The largest absolute Gasteiger partial charge is 0.392 e. The zero-order chi connectivity index (χ0) is 15.2. The number of nitrogens with zero attached hydrogens (tertiary/aromatic N) is 1. The molecule has 2 amide bonds. The highest BCUT2D eigenvalue weighted by Gasteiger charge is 2.06. The molecule has 21 heavy (non-hydrogen) atoms. The highest BCUT2D eigenvalue weighted by molar-refractivity contribution is 6.30. The summed E-state index contributed by atoms with van der Waals surface area (Å²) >= 11 is 5.83. The van der Waals surface area contributed by atoms with E-state index in [-0.39, 0.29) is 12.6 Å². The van der Waals surface area contributed by atoms with Crippen LogP contribution in [0.2, 0.25) is 5.15 Å². The Morgan fingerprint density at radius 3 is 2.71 bits per heavy atom. The van der Waals surface area contributed by atoms with Crippen LogP contribution in [0.1, 0.15) is 16.7 Å². The quantitative estimate of drug-likeness (QED) is 0.760. The van der Waals surface area contributed by atoms with Crippen molar-refractivity contribution in [3.05, 3.63) is 58.4 Å². The molecule has 110 valence electrons. The Morgan fingerprint density at radius 2 is 2.05 bits per heavy atom. The van der Waals surface area contributed by atoms with Crippen LogP contribution in [0.3, 0.4) is 0 Å². The number of amides is 2. The number of aromatic nitrogens is 1. The average Bonchev–Trinajstić information content (AvgIpc) is 2.49. The summed E-state index contributed by atoms with van der Waals surface area (Å²) in [4.78, 5) is 15.8. The summed E-state index contributed by atoms with van der Waals surface area (Å²) in [5.74, 6) is 0. The zero-order valence-electron chi connectivity index (χ0n) is 11.6. The maximum atomic E-state index is 11.8. The molecule has 0 unspecified atom stereocenters. The lowest BCUT2D eigenvalue weighted by Gasteiger charge is -2.10. The van der Waals surface area contributed by atoms with Gasteiger partial charge in [0.1, 0.15) is 5.15 Å². The van der Waals surface area contributed by atoms with Crippen LogP contribution in [0.5, 0.6) is 0 Å². The third-order valence-electron chi connectivity index (χ3n) is 3.00. The molecular weight excluding hydrogens is 290 g/mol. The van der Waals surface area contributed by atoms with E-state index in [2.05, 4.69) is 15.6 Å². The van der Waals surface area contributed by atoms with Gasteiger partial charge in [-0.15, -0.1) is 0 Å². The number of hydrogen-bond acceptors (Lipinski definition) is 3. The molecule has 1 heterocycles. The third kappa shape index (κ3) is 4.18. The van der Waals surface area contributed by atoms with Crippen molar-refractivity contribution in [3.63, 3.8) is 0 Å². The Bertz CT molecular complexity index is 647. The maximum absolute atomic E-state index is 11.8. The Hall–Kier alpha value is -2.11. The molecule has 1 aromatic heterocycles. The van der Waals surface area contributed by atoms with Gasteiger partial charge in [0, 0.05) is 6.54 Å². The van der Waals surface area contributed by atoms with Gasteiger partial charge in [0.05, 0.1) is 18.5 Å². The number of aryl methyl sites for hydroxylation is 1. The summed E-state index contributed by atoms with van der Waals surface area (Å²) in [6, 6.07) is 8.79. The fourth-order valence-corrected chi connectivity index (χ4v) is 1.96. The fourth-order valence-electron chi connectivity index (χ4n) is 1.86. The standard InChI is InChI=1S/C15H16ClN3O2/c1-10-6-13(8-17-14(10)16)19-15(21)18-7-11-4-2-3-5-12(11)9-20/h2-6,8,20H,7,9H2,1H3,(H2,18,19,21). The Labute approximate surface area is 128 Å². The van der Waals surface area contributed by atoms with Crippen molar-refractivity contribution in [1.29, 1.82) is 0 Å². The van der Waals surface area contributed by atoms with Crippen molar-refractivity contribution < 1.29 is 9.90 Å². The molecule has 0 bridgehead atoms. The van der Waals surface area contributed by atoms with E-state index in [1.165, 1.54) is 6.20 Å². The van der Waals surface area contributed by atoms with E-state index >= 15 is 0 Å². The Balaban J connectivity index is 1.94. The van der Waals surface area contributed by atoms with E-state index in [9.17, 15) is 9.90 Å². The molecular formula is C15H16ClN3O2. The molecule has 0 spiro atoms. The Morgan fingerprint density at radius 1 is 1.33 bits per heavy atom. The molecule has 6 heteroatoms. The normalized spacial score (nSPS) is 10.2. The van der Waals surface area contributed by atoms with Gasteiger partial charge in [0.2, 0.25) is 0 Å². The molecule has 0 aliphatic heterocycles. The molecule has 0 fully saturated rings. The number of carbonyl (C=O) groups excluding carboxylic acids is 1. The van der Waals surface area contributed by atoms with Crippen molar-refractivity contribution in [2.75, 3.05) is 5.32 Å². The van der Waals surface area contributed by atoms with E-state index in [1.807, 2.05) is 31.2 Å². The first kappa shape index (κ1) is 15.3. The minimum absolute atomic E-state index is 0.0558. The number of rotatable bonds is 4. The van der Waals surface area contributed by atoms with Crippen molar-refractivity contribution >= 4 is 23.3 Å². The summed E-state index contributed by atoms with van der Waals surface area (Å²) in [7, 11) is 0. The molecule has 0 radical (unpaired) electrons. The lowest BCUT2D eigenvalue weighted by atomic mass is 10.1. The Kier molecular flexibility index (Phi) is 5.14. The highest BCUT2D eigenvalue weighted by atomic mass is 35.5. The number of nitrogens with one attached hydrogen (secondary N) is 2. The van der Waals surface area contributed by atoms with E-state index in [4.69, 9.17) is 11.6 Å². The van der Waals surface area contributed by atoms with Gasteiger partial charge in [-0.1, -0.05) is 35.9 Å². The van der Waals surface area contributed by atoms with Gasteiger partial charge >= 0.3 is 6.03 Å². The number of aliphatic hydroxyl groups is 1. The number of pyridine rings is 1. The predicted molar refractivity (Wildman–Crippen MR) is 82.2 cm³/mol. The van der Waals surface area contributed by atoms with Gasteiger partial charge < -0.3 is 15.7 Å². The minimum Gasteiger partial charge on any atom is -0.392 e. The molecule has 0 aliphatic rings. The number of benzene rings is 1. The molecule has 3 N–H and O–H groups in total. The van der Waals surface area contributed by atoms with Crippen LogP contribution in [0.25, 0.3) is 0 Å². The van der Waals surface area contributed by atoms with Crippen molar-refractivity contribution in [2.24, 2.45) is 0 Å². The number of halogens is 1. The summed E-state index contributed by atoms with van der Waals surface area (Å²) in [5, 5.41) is 15.1. The molecule has 0 aliphatic carbocycles. The van der Waals surface area contributed by atoms with Crippen molar-refractivity contribution in [2.45, 2.75) is 20.1 Å². The van der Waals surface area contributed by atoms with Gasteiger partial charge in [-0.3, -0.25) is 0 Å². The third-order valence-corrected chi connectivity index (χ3v) is 3.40. The molecule has 1 aromatic carbocycles. The van der Waals surface area contributed by atoms with Crippen LogP contribution in [-0.4, -0.2) is 16.1 Å². The first-order chi connectivity index (χ1) is 10.1. The zero-order valence-corrected chi connectivity index (χ0v) is 12.3. The fraction of sp³-hybridized carbons (Fsp3) is 0.200. The highest BCUT2D eigenvalue weighted by Crippen LogP contribution is 2.16. The van der Waals surface area contributed by atoms with Crippen LogP contribution in [0.15, 0.2) is 36.5 Å². The first-order valence-electron chi connectivity index (χ1n) is 6.45. The van der Waals surface area contributed by atoms with Crippen LogP contribution in [0.4, 0.5) is 10.5 Å². The van der Waals surface area contributed by atoms with Gasteiger partial charge in [0.25, 0.3) is 0 Å². The molecule has 0 saturated carbocycles. The second-order valence-electron chi connectivity index (χ2n) is 4.57. The summed E-state index contributed by atoms with van der Waals surface area (Å²) in [6.07, 6.45) is 1.50. The predicted octanol–water partition coefficient (Wildman–Crippen LogP) is 2.86. The number of aliphatic hydroxyl groups excluding tert-OH is 1. The topological polar surface area (TPSA) is 74.2 Å². The van der Waals surface area contributed by atoms with Crippen LogP contribution in [0, 0.1) is 6.92 Å². The average molecular weight is 306 g/mol. The minimum atomic E-state index is -0.341. The maximum Gasteiger partial charge on any atom is 0.319 e. The van der Waals surface area contributed by atoms with E-state index < -0.39 is 0 Å². The number of hydrogen-bond donors (Lipinski definition) is 3. The molecule has 2 aromatic rings. The van der Waals surface area contributed by atoms with Gasteiger partial charge in [0.15, 0.2) is 0 Å². The van der Waals surface area contributed by atoms with Crippen molar-refractivity contribution in [1.82, 2.24) is 10.3 Å². The number of urea groups is 1. The van der Waals surface area contributed by atoms with Crippen LogP contribution in [-0.2, 0) is 13.2 Å². The SMILES string of the molecule is Cc1cc(NC(=O)NCc2ccccc2CO)cnc1Cl. The van der Waals surface area contributed by atoms with Gasteiger partial charge in [-0.2, -0.15) is 0 Å². The lowest BCUT2D eigenvalue weighted by molar-refractivity contribution is 0.251. The second kappa shape index (κ2) is 7.06. The van der Waals surface area contributed by atoms with Gasteiger partial charge in [-0.05, 0) is 29.7 Å². The molecule has 5 nitrogen and oxygen atoms in total. The van der Waals surface area contributed by atoms with E-state index in [1.54, 1.807) is 6.07 Å².